The van der Waals surface area contributed by atoms with Crippen LogP contribution in [0.2, 0.25) is 0 Å². The summed E-state index contributed by atoms with van der Waals surface area (Å²) in [7, 11) is 0. The summed E-state index contributed by atoms with van der Waals surface area (Å²) in [5.74, 6) is 0.760. The molecule has 3 N–H and O–H groups in total. The molecule has 0 aliphatic carbocycles. The molecular formula is C15H23Cl2N5OS. The molecule has 0 fully saturated rings. The Morgan fingerprint density at radius 2 is 2.00 bits per heavy atom. The number of aromatic nitrogens is 2. The molecule has 0 aromatic carbocycles. The van der Waals surface area contributed by atoms with Crippen molar-refractivity contribution in [1.82, 2.24) is 15.3 Å². The molecule has 0 spiro atoms. The Kier molecular flexibility index (Phi) is 10.5. The molecule has 2 aromatic rings. The van der Waals surface area contributed by atoms with Gasteiger partial charge in [-0.1, -0.05) is 6.07 Å². The van der Waals surface area contributed by atoms with Gasteiger partial charge in [-0.3, -0.25) is 4.79 Å². The van der Waals surface area contributed by atoms with E-state index in [0.717, 1.165) is 29.5 Å². The molecule has 24 heavy (non-hydrogen) atoms. The largest absolute Gasteiger partial charge is 0.357 e. The molecule has 2 rings (SSSR count). The number of hydrogen-bond donors (Lipinski definition) is 2. The molecule has 9 heteroatoms. The number of amides is 1. The Morgan fingerprint density at radius 1 is 1.29 bits per heavy atom. The van der Waals surface area contributed by atoms with Crippen LogP contribution in [0.3, 0.4) is 0 Å². The highest BCUT2D eigenvalue weighted by Crippen LogP contribution is 2.11. The number of nitrogens with two attached hydrogens (primary N) is 1. The van der Waals surface area contributed by atoms with Crippen molar-refractivity contribution < 1.29 is 4.79 Å². The standard InChI is InChI=1S/C15H21N5OS.2ClH/c1-3-20(4-2)13-6-5-11(8-17-13)9-18-15(21)12-10-22-14(7-16)19-12;;/h5-6,8,10H,3-4,7,9,16H2,1-2H3,(H,18,21);2*1H. The zero-order chi connectivity index (χ0) is 15.9. The van der Waals surface area contributed by atoms with Gasteiger partial charge in [-0.15, -0.1) is 36.2 Å². The van der Waals surface area contributed by atoms with Gasteiger partial charge in [0.1, 0.15) is 16.5 Å². The number of carbonyl (C=O) groups excluding carboxylic acids is 1. The zero-order valence-corrected chi connectivity index (χ0v) is 16.1. The van der Waals surface area contributed by atoms with E-state index in [0.29, 0.717) is 18.8 Å². The van der Waals surface area contributed by atoms with Crippen molar-refractivity contribution >= 4 is 47.9 Å². The number of nitrogens with zero attached hydrogens (tertiary/aromatic N) is 3. The van der Waals surface area contributed by atoms with E-state index in [1.54, 1.807) is 11.6 Å². The highest BCUT2D eigenvalue weighted by molar-refractivity contribution is 7.09. The van der Waals surface area contributed by atoms with Crippen LogP contribution in [0.5, 0.6) is 0 Å². The van der Waals surface area contributed by atoms with E-state index in [-0.39, 0.29) is 30.7 Å². The Labute approximate surface area is 158 Å². The van der Waals surface area contributed by atoms with Crippen LogP contribution >= 0.6 is 36.2 Å². The molecule has 134 valence electrons. The van der Waals surface area contributed by atoms with E-state index >= 15 is 0 Å². The summed E-state index contributed by atoms with van der Waals surface area (Å²) in [6.07, 6.45) is 1.79. The molecule has 2 aromatic heterocycles. The van der Waals surface area contributed by atoms with Crippen molar-refractivity contribution in [1.29, 1.82) is 0 Å². The average Bonchev–Trinajstić information content (AvgIpc) is 3.04. The molecule has 0 radical (unpaired) electrons. The lowest BCUT2D eigenvalue weighted by molar-refractivity contribution is 0.0946. The van der Waals surface area contributed by atoms with Gasteiger partial charge in [-0.05, 0) is 25.5 Å². The summed E-state index contributed by atoms with van der Waals surface area (Å²) < 4.78 is 0. The molecule has 0 unspecified atom stereocenters. The molecule has 0 bridgehead atoms. The first kappa shape index (κ1) is 22.6. The normalized spacial score (nSPS) is 9.62. The lowest BCUT2D eigenvalue weighted by Crippen LogP contribution is -2.24. The van der Waals surface area contributed by atoms with Gasteiger partial charge >= 0.3 is 0 Å². The molecule has 0 aliphatic rings. The van der Waals surface area contributed by atoms with Crippen molar-refractivity contribution in [2.75, 3.05) is 18.0 Å². The maximum atomic E-state index is 12.0. The number of nitrogens with one attached hydrogen (secondary N) is 1. The lowest BCUT2D eigenvalue weighted by Gasteiger charge is -2.19. The van der Waals surface area contributed by atoms with Crippen LogP contribution in [-0.2, 0) is 13.1 Å². The second-order valence-electron chi connectivity index (χ2n) is 4.71. The maximum absolute atomic E-state index is 12.0. The lowest BCUT2D eigenvalue weighted by atomic mass is 10.2. The maximum Gasteiger partial charge on any atom is 0.271 e. The molecule has 1 amide bonds. The van der Waals surface area contributed by atoms with E-state index < -0.39 is 0 Å². The third kappa shape index (κ3) is 5.90. The Hall–Kier alpha value is -1.41. The minimum atomic E-state index is -0.191. The van der Waals surface area contributed by atoms with Crippen molar-refractivity contribution in [3.8, 4) is 0 Å². The fourth-order valence-electron chi connectivity index (χ4n) is 2.04. The van der Waals surface area contributed by atoms with Crippen molar-refractivity contribution in [3.05, 3.63) is 40.0 Å². The first-order valence-corrected chi connectivity index (χ1v) is 8.18. The zero-order valence-electron chi connectivity index (χ0n) is 13.7. The number of anilines is 1. The number of rotatable bonds is 7. The monoisotopic (exact) mass is 391 g/mol. The molecular weight excluding hydrogens is 369 g/mol. The van der Waals surface area contributed by atoms with E-state index in [4.69, 9.17) is 5.73 Å². The van der Waals surface area contributed by atoms with Gasteiger partial charge in [0.25, 0.3) is 5.91 Å². The van der Waals surface area contributed by atoms with Crippen LogP contribution in [0.15, 0.2) is 23.7 Å². The Morgan fingerprint density at radius 3 is 2.50 bits per heavy atom. The second-order valence-corrected chi connectivity index (χ2v) is 5.65. The number of carbonyl (C=O) groups is 1. The first-order chi connectivity index (χ1) is 10.7. The second kappa shape index (κ2) is 11.2. The molecule has 0 saturated heterocycles. The Balaban J connectivity index is 0.00000264. The number of thiazole rings is 1. The average molecular weight is 392 g/mol. The Bertz CT molecular complexity index is 617. The molecule has 2 heterocycles. The van der Waals surface area contributed by atoms with Crippen LogP contribution in [0.4, 0.5) is 5.82 Å². The van der Waals surface area contributed by atoms with Gasteiger partial charge in [0, 0.05) is 37.8 Å². The van der Waals surface area contributed by atoms with Crippen molar-refractivity contribution in [3.63, 3.8) is 0 Å². The molecule has 0 atom stereocenters. The predicted molar refractivity (Wildman–Crippen MR) is 103 cm³/mol. The SMILES string of the molecule is CCN(CC)c1ccc(CNC(=O)c2csc(CN)n2)cn1.Cl.Cl. The summed E-state index contributed by atoms with van der Waals surface area (Å²) in [6.45, 7) is 6.83. The summed E-state index contributed by atoms with van der Waals surface area (Å²) >= 11 is 1.39. The summed E-state index contributed by atoms with van der Waals surface area (Å²) in [5.41, 5.74) is 6.87. The van der Waals surface area contributed by atoms with Gasteiger partial charge in [-0.25, -0.2) is 9.97 Å². The number of pyridine rings is 1. The molecule has 6 nitrogen and oxygen atoms in total. The number of hydrogen-bond acceptors (Lipinski definition) is 6. The van der Waals surface area contributed by atoms with Gasteiger partial charge in [0.15, 0.2) is 0 Å². The third-order valence-electron chi connectivity index (χ3n) is 3.31. The van der Waals surface area contributed by atoms with Crippen LogP contribution < -0.4 is 16.0 Å². The van der Waals surface area contributed by atoms with Gasteiger partial charge in [0.2, 0.25) is 0 Å². The summed E-state index contributed by atoms with van der Waals surface area (Å²) in [6, 6.07) is 3.96. The van der Waals surface area contributed by atoms with Crippen LogP contribution in [0.25, 0.3) is 0 Å². The third-order valence-corrected chi connectivity index (χ3v) is 4.18. The van der Waals surface area contributed by atoms with Gasteiger partial charge in [0.05, 0.1) is 0 Å². The van der Waals surface area contributed by atoms with Crippen LogP contribution in [-0.4, -0.2) is 29.0 Å². The van der Waals surface area contributed by atoms with E-state index in [2.05, 4.69) is 34.0 Å². The van der Waals surface area contributed by atoms with E-state index in [9.17, 15) is 4.79 Å². The highest BCUT2D eigenvalue weighted by Gasteiger charge is 2.10. The first-order valence-electron chi connectivity index (χ1n) is 7.30. The summed E-state index contributed by atoms with van der Waals surface area (Å²) in [5, 5.41) is 5.32. The van der Waals surface area contributed by atoms with Gasteiger partial charge in [-0.2, -0.15) is 0 Å². The molecule has 0 saturated carbocycles. The predicted octanol–water partition coefficient (Wildman–Crippen LogP) is 2.62. The van der Waals surface area contributed by atoms with Crippen molar-refractivity contribution in [2.45, 2.75) is 26.9 Å². The van der Waals surface area contributed by atoms with E-state index in [1.165, 1.54) is 11.3 Å². The van der Waals surface area contributed by atoms with Crippen molar-refractivity contribution in [2.24, 2.45) is 5.73 Å². The van der Waals surface area contributed by atoms with Gasteiger partial charge < -0.3 is 16.0 Å². The minimum Gasteiger partial charge on any atom is -0.357 e. The number of halogens is 2. The minimum absolute atomic E-state index is 0. The quantitative estimate of drug-likeness (QED) is 0.757. The summed E-state index contributed by atoms with van der Waals surface area (Å²) in [4.78, 5) is 22.7. The smallest absolute Gasteiger partial charge is 0.271 e. The van der Waals surface area contributed by atoms with Crippen LogP contribution in [0.1, 0.15) is 34.9 Å². The fraction of sp³-hybridized carbons (Fsp3) is 0.400. The molecule has 0 aliphatic heterocycles. The fourth-order valence-corrected chi connectivity index (χ4v) is 2.69. The highest BCUT2D eigenvalue weighted by atomic mass is 35.5. The van der Waals surface area contributed by atoms with Crippen LogP contribution in [0, 0.1) is 0 Å². The van der Waals surface area contributed by atoms with E-state index in [1.807, 2.05) is 12.1 Å². The topological polar surface area (TPSA) is 84.1 Å².